The number of nitrogens with zero attached hydrogens (tertiary/aromatic N) is 3. The second-order valence-corrected chi connectivity index (χ2v) is 5.54. The van der Waals surface area contributed by atoms with Gasteiger partial charge in [-0.1, -0.05) is 23.4 Å². The molecule has 0 N–H and O–H groups in total. The Bertz CT molecular complexity index is 605. The third-order valence-electron chi connectivity index (χ3n) is 3.99. The molecule has 2 heterocycles. The van der Waals surface area contributed by atoms with Crippen LogP contribution in [0.4, 0.5) is 13.2 Å². The lowest BCUT2D eigenvalue weighted by Gasteiger charge is -2.30. The van der Waals surface area contributed by atoms with E-state index in [-0.39, 0.29) is 5.92 Å². The van der Waals surface area contributed by atoms with Crippen molar-refractivity contribution in [1.29, 1.82) is 0 Å². The van der Waals surface area contributed by atoms with Crippen LogP contribution in [0.5, 0.6) is 0 Å². The molecule has 0 saturated carbocycles. The smallest absolute Gasteiger partial charge is 0.343 e. The molecule has 1 aliphatic rings. The zero-order chi connectivity index (χ0) is 15.6. The van der Waals surface area contributed by atoms with Crippen LogP contribution in [0.3, 0.4) is 0 Å². The molecule has 0 aliphatic carbocycles. The van der Waals surface area contributed by atoms with Crippen LogP contribution in [-0.4, -0.2) is 28.1 Å². The van der Waals surface area contributed by atoms with Gasteiger partial charge in [0.25, 0.3) is 0 Å². The predicted octanol–water partition coefficient (Wildman–Crippen LogP) is 3.47. The zero-order valence-corrected chi connectivity index (χ0v) is 11.9. The predicted molar refractivity (Wildman–Crippen MR) is 73.0 cm³/mol. The van der Waals surface area contributed by atoms with Gasteiger partial charge >= 0.3 is 6.18 Å². The molecule has 2 aromatic rings. The second-order valence-electron chi connectivity index (χ2n) is 5.54. The lowest BCUT2D eigenvalue weighted by Crippen LogP contribution is -2.32. The fraction of sp³-hybridized carbons (Fsp3) is 0.467. The first kappa shape index (κ1) is 15.0. The summed E-state index contributed by atoms with van der Waals surface area (Å²) < 4.78 is 42.9. The first-order chi connectivity index (χ1) is 10.5. The van der Waals surface area contributed by atoms with E-state index in [0.29, 0.717) is 12.1 Å². The number of piperidine rings is 1. The molecular formula is C15H16F3N3O. The summed E-state index contributed by atoms with van der Waals surface area (Å²) in [7, 11) is 0. The molecule has 0 bridgehead atoms. The Kier molecular flexibility index (Phi) is 4.15. The van der Waals surface area contributed by atoms with Crippen molar-refractivity contribution in [3.8, 4) is 0 Å². The van der Waals surface area contributed by atoms with E-state index < -0.39 is 11.7 Å². The Morgan fingerprint density at radius 3 is 2.64 bits per heavy atom. The van der Waals surface area contributed by atoms with Gasteiger partial charge in [-0.2, -0.15) is 18.2 Å². The van der Waals surface area contributed by atoms with E-state index in [9.17, 15) is 13.2 Å². The number of hydrogen-bond donors (Lipinski definition) is 0. The minimum absolute atomic E-state index is 0.275. The molecule has 1 saturated heterocycles. The van der Waals surface area contributed by atoms with Gasteiger partial charge in [0.2, 0.25) is 6.39 Å². The minimum atomic E-state index is -4.29. The summed E-state index contributed by atoms with van der Waals surface area (Å²) >= 11 is 0. The van der Waals surface area contributed by atoms with Crippen LogP contribution >= 0.6 is 0 Å². The standard InChI is InChI=1S/C15H16F3N3O/c16-15(17,18)13-3-1-2-11(8-13)9-21-6-4-12(5-7-21)14-19-10-22-20-14/h1-3,8,10,12H,4-7,9H2. The van der Waals surface area contributed by atoms with Crippen LogP contribution in [0.1, 0.15) is 35.7 Å². The number of hydrogen-bond acceptors (Lipinski definition) is 4. The maximum absolute atomic E-state index is 12.7. The molecule has 118 valence electrons. The van der Waals surface area contributed by atoms with E-state index in [4.69, 9.17) is 4.52 Å². The Morgan fingerprint density at radius 1 is 1.23 bits per heavy atom. The molecule has 1 fully saturated rings. The molecule has 3 rings (SSSR count). The van der Waals surface area contributed by atoms with Crippen molar-refractivity contribution in [3.05, 3.63) is 47.6 Å². The molecule has 1 aromatic heterocycles. The van der Waals surface area contributed by atoms with Gasteiger partial charge < -0.3 is 4.52 Å². The van der Waals surface area contributed by atoms with Crippen LogP contribution in [0, 0.1) is 0 Å². The number of rotatable bonds is 3. The number of aromatic nitrogens is 2. The van der Waals surface area contributed by atoms with Gasteiger partial charge in [-0.25, -0.2) is 0 Å². The third kappa shape index (κ3) is 3.47. The van der Waals surface area contributed by atoms with Crippen LogP contribution < -0.4 is 0 Å². The fourth-order valence-electron chi connectivity index (χ4n) is 2.81. The molecule has 7 heteroatoms. The first-order valence-electron chi connectivity index (χ1n) is 7.17. The average Bonchev–Trinajstić information content (AvgIpc) is 3.02. The SMILES string of the molecule is FC(F)(F)c1cccc(CN2CCC(c3ncon3)CC2)c1. The quantitative estimate of drug-likeness (QED) is 0.870. The van der Waals surface area contributed by atoms with E-state index in [1.807, 2.05) is 0 Å². The normalized spacial score (nSPS) is 17.8. The maximum Gasteiger partial charge on any atom is 0.416 e. The molecule has 1 aliphatic heterocycles. The monoisotopic (exact) mass is 311 g/mol. The van der Waals surface area contributed by atoms with Crippen LogP contribution in [0.25, 0.3) is 0 Å². The molecular weight excluding hydrogens is 295 g/mol. The highest BCUT2D eigenvalue weighted by molar-refractivity contribution is 5.25. The summed E-state index contributed by atoms with van der Waals surface area (Å²) in [5.41, 5.74) is 0.0968. The molecule has 0 spiro atoms. The second kappa shape index (κ2) is 6.08. The van der Waals surface area contributed by atoms with Gasteiger partial charge in [0, 0.05) is 12.5 Å². The maximum atomic E-state index is 12.7. The van der Waals surface area contributed by atoms with Gasteiger partial charge in [-0.05, 0) is 37.6 Å². The number of likely N-dealkylation sites (tertiary alicyclic amines) is 1. The highest BCUT2D eigenvalue weighted by atomic mass is 19.4. The molecule has 0 atom stereocenters. The van der Waals surface area contributed by atoms with E-state index in [0.717, 1.165) is 37.8 Å². The van der Waals surface area contributed by atoms with E-state index >= 15 is 0 Å². The molecule has 0 amide bonds. The van der Waals surface area contributed by atoms with Crippen LogP contribution in [0.2, 0.25) is 0 Å². The van der Waals surface area contributed by atoms with Gasteiger partial charge in [0.1, 0.15) is 0 Å². The van der Waals surface area contributed by atoms with Crippen molar-refractivity contribution in [1.82, 2.24) is 15.0 Å². The molecule has 22 heavy (non-hydrogen) atoms. The van der Waals surface area contributed by atoms with Gasteiger partial charge in [-0.3, -0.25) is 4.90 Å². The van der Waals surface area contributed by atoms with Crippen LogP contribution in [0.15, 0.2) is 35.2 Å². The molecule has 1 aromatic carbocycles. The van der Waals surface area contributed by atoms with Crippen molar-refractivity contribution in [2.75, 3.05) is 13.1 Å². The summed E-state index contributed by atoms with van der Waals surface area (Å²) in [6.07, 6.45) is -1.19. The Balaban J connectivity index is 1.59. The Morgan fingerprint density at radius 2 is 2.00 bits per heavy atom. The van der Waals surface area contributed by atoms with Gasteiger partial charge in [-0.15, -0.1) is 0 Å². The zero-order valence-electron chi connectivity index (χ0n) is 11.9. The minimum Gasteiger partial charge on any atom is -0.343 e. The topological polar surface area (TPSA) is 42.2 Å². The summed E-state index contributed by atoms with van der Waals surface area (Å²) in [5, 5.41) is 3.86. The first-order valence-corrected chi connectivity index (χ1v) is 7.17. The van der Waals surface area contributed by atoms with Crippen molar-refractivity contribution in [3.63, 3.8) is 0 Å². The summed E-state index contributed by atoms with van der Waals surface area (Å²) in [5.74, 6) is 0.996. The van der Waals surface area contributed by atoms with Crippen molar-refractivity contribution >= 4 is 0 Å². The summed E-state index contributed by atoms with van der Waals surface area (Å²) in [4.78, 5) is 6.23. The highest BCUT2D eigenvalue weighted by Crippen LogP contribution is 2.30. The summed E-state index contributed by atoms with van der Waals surface area (Å²) in [6, 6.07) is 5.53. The van der Waals surface area contributed by atoms with Crippen molar-refractivity contribution in [2.24, 2.45) is 0 Å². The van der Waals surface area contributed by atoms with Crippen LogP contribution in [-0.2, 0) is 12.7 Å². The average molecular weight is 311 g/mol. The number of alkyl halides is 3. The fourth-order valence-corrected chi connectivity index (χ4v) is 2.81. The van der Waals surface area contributed by atoms with Crippen molar-refractivity contribution in [2.45, 2.75) is 31.5 Å². The van der Waals surface area contributed by atoms with E-state index in [1.54, 1.807) is 6.07 Å². The van der Waals surface area contributed by atoms with E-state index in [2.05, 4.69) is 15.0 Å². The summed E-state index contributed by atoms with van der Waals surface area (Å²) in [6.45, 7) is 2.16. The third-order valence-corrected chi connectivity index (χ3v) is 3.99. The highest BCUT2D eigenvalue weighted by Gasteiger charge is 2.30. The largest absolute Gasteiger partial charge is 0.416 e. The number of benzene rings is 1. The van der Waals surface area contributed by atoms with Crippen molar-refractivity contribution < 1.29 is 17.7 Å². The lowest BCUT2D eigenvalue weighted by atomic mass is 9.96. The van der Waals surface area contributed by atoms with Gasteiger partial charge in [0.15, 0.2) is 5.82 Å². The number of halogens is 3. The Hall–Kier alpha value is -1.89. The molecule has 0 radical (unpaired) electrons. The Labute approximate surface area is 125 Å². The lowest BCUT2D eigenvalue weighted by molar-refractivity contribution is -0.137. The van der Waals surface area contributed by atoms with E-state index in [1.165, 1.54) is 18.5 Å². The molecule has 4 nitrogen and oxygen atoms in total. The molecule has 0 unspecified atom stereocenters. The van der Waals surface area contributed by atoms with Gasteiger partial charge in [0.05, 0.1) is 5.56 Å².